The third kappa shape index (κ3) is 3.34. The van der Waals surface area contributed by atoms with E-state index in [-0.39, 0.29) is 6.79 Å². The maximum Gasteiger partial charge on any atom is 0.318 e. The number of carbonyl (C=O) groups is 2. The van der Waals surface area contributed by atoms with Crippen molar-refractivity contribution >= 4 is 17.6 Å². The molecule has 1 unspecified atom stereocenters. The van der Waals surface area contributed by atoms with E-state index in [0.717, 1.165) is 0 Å². The average Bonchev–Trinajstić information content (AvgIpc) is 3.00. The van der Waals surface area contributed by atoms with Crippen LogP contribution in [0.5, 0.6) is 11.5 Å². The summed E-state index contributed by atoms with van der Waals surface area (Å²) in [6.45, 7) is 0.170. The van der Waals surface area contributed by atoms with Crippen molar-refractivity contribution in [3.8, 4) is 11.5 Å². The number of nitrogens with one attached hydrogen (secondary N) is 2. The van der Waals surface area contributed by atoms with Crippen LogP contribution in [-0.2, 0) is 4.79 Å². The second kappa shape index (κ2) is 6.27. The standard InChI is InChI=1S/C16H15N3O4/c17-16(21)19-15(20)14(10-4-2-1-3-5-10)18-11-6-7-12-13(8-11)23-9-22-12/h1-8,14,18H,9H2,(H3,17,19,20,21). The summed E-state index contributed by atoms with van der Waals surface area (Å²) in [5.74, 6) is 0.701. The number of ether oxygens (including phenoxy) is 2. The van der Waals surface area contributed by atoms with E-state index in [4.69, 9.17) is 15.2 Å². The first kappa shape index (κ1) is 14.7. The highest BCUT2D eigenvalue weighted by Crippen LogP contribution is 2.35. The molecule has 2 aromatic carbocycles. The number of hydrogen-bond donors (Lipinski definition) is 3. The molecular weight excluding hydrogens is 298 g/mol. The largest absolute Gasteiger partial charge is 0.454 e. The maximum absolute atomic E-state index is 12.3. The number of primary amides is 1. The molecule has 0 spiro atoms. The van der Waals surface area contributed by atoms with E-state index < -0.39 is 18.0 Å². The van der Waals surface area contributed by atoms with Crippen LogP contribution in [0.15, 0.2) is 48.5 Å². The van der Waals surface area contributed by atoms with Crippen molar-refractivity contribution in [1.29, 1.82) is 0 Å². The summed E-state index contributed by atoms with van der Waals surface area (Å²) in [4.78, 5) is 23.2. The minimum absolute atomic E-state index is 0.170. The molecule has 0 bridgehead atoms. The van der Waals surface area contributed by atoms with E-state index >= 15 is 0 Å². The monoisotopic (exact) mass is 313 g/mol. The lowest BCUT2D eigenvalue weighted by atomic mass is 10.1. The van der Waals surface area contributed by atoms with Gasteiger partial charge >= 0.3 is 6.03 Å². The molecule has 1 aliphatic rings. The predicted molar refractivity (Wildman–Crippen MR) is 83.1 cm³/mol. The number of anilines is 1. The van der Waals surface area contributed by atoms with Crippen molar-refractivity contribution in [1.82, 2.24) is 5.32 Å². The van der Waals surface area contributed by atoms with Gasteiger partial charge in [0.2, 0.25) is 6.79 Å². The van der Waals surface area contributed by atoms with E-state index in [9.17, 15) is 9.59 Å². The first-order chi connectivity index (χ1) is 11.1. The molecular formula is C16H15N3O4. The number of rotatable bonds is 4. The number of carbonyl (C=O) groups excluding carboxylic acids is 2. The minimum atomic E-state index is -0.900. The SMILES string of the molecule is NC(=O)NC(=O)C(Nc1ccc2c(c1)OCO2)c1ccccc1. The van der Waals surface area contributed by atoms with Crippen LogP contribution in [0.1, 0.15) is 11.6 Å². The molecule has 2 aromatic rings. The Labute approximate surface area is 132 Å². The van der Waals surface area contributed by atoms with Crippen LogP contribution in [0, 0.1) is 0 Å². The Morgan fingerprint density at radius 1 is 1.04 bits per heavy atom. The Balaban J connectivity index is 1.86. The van der Waals surface area contributed by atoms with Gasteiger partial charge in [-0.05, 0) is 17.7 Å². The Hall–Kier alpha value is -3.22. The quantitative estimate of drug-likeness (QED) is 0.798. The highest BCUT2D eigenvalue weighted by molar-refractivity contribution is 5.98. The minimum Gasteiger partial charge on any atom is -0.454 e. The normalized spacial score (nSPS) is 13.2. The molecule has 0 aromatic heterocycles. The molecule has 4 N–H and O–H groups in total. The molecule has 3 rings (SSSR count). The fourth-order valence-corrected chi connectivity index (χ4v) is 2.29. The lowest BCUT2D eigenvalue weighted by molar-refractivity contribution is -0.120. The van der Waals surface area contributed by atoms with Crippen molar-refractivity contribution in [3.63, 3.8) is 0 Å². The van der Waals surface area contributed by atoms with Crippen LogP contribution in [0.4, 0.5) is 10.5 Å². The van der Waals surface area contributed by atoms with Crippen molar-refractivity contribution in [2.45, 2.75) is 6.04 Å². The summed E-state index contributed by atoms with van der Waals surface area (Å²) in [5.41, 5.74) is 6.39. The van der Waals surface area contributed by atoms with E-state index in [1.165, 1.54) is 0 Å². The zero-order valence-corrected chi connectivity index (χ0v) is 12.1. The fourth-order valence-electron chi connectivity index (χ4n) is 2.29. The van der Waals surface area contributed by atoms with Gasteiger partial charge in [-0.1, -0.05) is 30.3 Å². The van der Waals surface area contributed by atoms with Gasteiger partial charge in [-0.25, -0.2) is 4.79 Å². The number of nitrogens with two attached hydrogens (primary N) is 1. The topological polar surface area (TPSA) is 103 Å². The second-order valence-electron chi connectivity index (χ2n) is 4.91. The Bertz CT molecular complexity index is 733. The third-order valence-corrected chi connectivity index (χ3v) is 3.33. The molecule has 1 atom stereocenters. The lowest BCUT2D eigenvalue weighted by Crippen LogP contribution is -2.40. The summed E-state index contributed by atoms with van der Waals surface area (Å²) >= 11 is 0. The molecule has 0 saturated heterocycles. The van der Waals surface area contributed by atoms with Gasteiger partial charge in [0, 0.05) is 11.8 Å². The third-order valence-electron chi connectivity index (χ3n) is 3.33. The summed E-state index contributed by atoms with van der Waals surface area (Å²) in [7, 11) is 0. The van der Waals surface area contributed by atoms with Gasteiger partial charge in [0.05, 0.1) is 0 Å². The van der Waals surface area contributed by atoms with E-state index in [2.05, 4.69) is 10.6 Å². The zero-order chi connectivity index (χ0) is 16.2. The Kier molecular flexibility index (Phi) is 4.01. The number of amides is 3. The van der Waals surface area contributed by atoms with Gasteiger partial charge < -0.3 is 20.5 Å². The highest BCUT2D eigenvalue weighted by atomic mass is 16.7. The van der Waals surface area contributed by atoms with Crippen molar-refractivity contribution in [3.05, 3.63) is 54.1 Å². The van der Waals surface area contributed by atoms with E-state index in [1.807, 2.05) is 6.07 Å². The van der Waals surface area contributed by atoms with Gasteiger partial charge in [0.15, 0.2) is 11.5 Å². The van der Waals surface area contributed by atoms with E-state index in [0.29, 0.717) is 22.7 Å². The zero-order valence-electron chi connectivity index (χ0n) is 12.1. The number of hydrogen-bond acceptors (Lipinski definition) is 5. The van der Waals surface area contributed by atoms with Crippen molar-refractivity contribution in [2.75, 3.05) is 12.1 Å². The molecule has 0 fully saturated rings. The van der Waals surface area contributed by atoms with Gasteiger partial charge in [0.25, 0.3) is 5.91 Å². The predicted octanol–water partition coefficient (Wildman–Crippen LogP) is 1.76. The summed E-state index contributed by atoms with van der Waals surface area (Å²) < 4.78 is 10.6. The van der Waals surface area contributed by atoms with Crippen LogP contribution in [0.3, 0.4) is 0 Å². The summed E-state index contributed by atoms with van der Waals surface area (Å²) in [5, 5.41) is 5.17. The second-order valence-corrected chi connectivity index (χ2v) is 4.91. The highest BCUT2D eigenvalue weighted by Gasteiger charge is 2.22. The molecule has 1 heterocycles. The molecule has 7 nitrogen and oxygen atoms in total. The summed E-state index contributed by atoms with van der Waals surface area (Å²) in [6, 6.07) is 12.6. The van der Waals surface area contributed by atoms with Crippen molar-refractivity contribution < 1.29 is 19.1 Å². The summed E-state index contributed by atoms with van der Waals surface area (Å²) in [6.07, 6.45) is 0. The van der Waals surface area contributed by atoms with Crippen LogP contribution in [0.2, 0.25) is 0 Å². The molecule has 1 aliphatic heterocycles. The Morgan fingerprint density at radius 3 is 2.52 bits per heavy atom. The number of benzene rings is 2. The molecule has 23 heavy (non-hydrogen) atoms. The van der Waals surface area contributed by atoms with Gasteiger partial charge in [-0.2, -0.15) is 0 Å². The van der Waals surface area contributed by atoms with Crippen LogP contribution < -0.4 is 25.8 Å². The van der Waals surface area contributed by atoms with Crippen LogP contribution >= 0.6 is 0 Å². The van der Waals surface area contributed by atoms with Gasteiger partial charge in [-0.3, -0.25) is 10.1 Å². The molecule has 7 heteroatoms. The molecule has 0 radical (unpaired) electrons. The van der Waals surface area contributed by atoms with Crippen LogP contribution in [-0.4, -0.2) is 18.7 Å². The average molecular weight is 313 g/mol. The van der Waals surface area contributed by atoms with Crippen molar-refractivity contribution in [2.24, 2.45) is 5.73 Å². The maximum atomic E-state index is 12.3. The number of urea groups is 1. The van der Waals surface area contributed by atoms with Gasteiger partial charge in [-0.15, -0.1) is 0 Å². The van der Waals surface area contributed by atoms with Gasteiger partial charge in [0.1, 0.15) is 6.04 Å². The van der Waals surface area contributed by atoms with E-state index in [1.54, 1.807) is 42.5 Å². The first-order valence-electron chi connectivity index (χ1n) is 6.95. The molecule has 3 amide bonds. The molecule has 0 aliphatic carbocycles. The smallest absolute Gasteiger partial charge is 0.318 e. The fraction of sp³-hybridized carbons (Fsp3) is 0.125. The molecule has 118 valence electrons. The molecule has 0 saturated carbocycles. The Morgan fingerprint density at radius 2 is 1.78 bits per heavy atom. The number of fused-ring (bicyclic) bond motifs is 1. The van der Waals surface area contributed by atoms with Crippen LogP contribution in [0.25, 0.3) is 0 Å². The lowest BCUT2D eigenvalue weighted by Gasteiger charge is -2.19. The number of imide groups is 1. The first-order valence-corrected chi connectivity index (χ1v) is 6.95.